The second-order valence-corrected chi connectivity index (χ2v) is 5.78. The van der Waals surface area contributed by atoms with Gasteiger partial charge < -0.3 is 41.3 Å². The first-order valence-electron chi connectivity index (χ1n) is 7.15. The van der Waals surface area contributed by atoms with Crippen molar-refractivity contribution in [2.75, 3.05) is 41.9 Å². The van der Waals surface area contributed by atoms with E-state index in [0.29, 0.717) is 31.3 Å². The van der Waals surface area contributed by atoms with Crippen molar-refractivity contribution in [3.05, 3.63) is 5.28 Å². The molecule has 0 aromatic carbocycles. The van der Waals surface area contributed by atoms with E-state index in [1.165, 1.54) is 0 Å². The van der Waals surface area contributed by atoms with Crippen LogP contribution in [0.5, 0.6) is 0 Å². The first kappa shape index (κ1) is 16.4. The highest BCUT2D eigenvalue weighted by atomic mass is 35.5. The SMILES string of the molecule is NCCN1CN([C@@H]2O[C@H](CO)C(O)C2O)c2nc(Cl)nc(N)c21. The highest BCUT2D eigenvalue weighted by molar-refractivity contribution is 6.28. The highest BCUT2D eigenvalue weighted by Crippen LogP contribution is 2.41. The van der Waals surface area contributed by atoms with Crippen LogP contribution in [-0.2, 0) is 4.74 Å². The van der Waals surface area contributed by atoms with Crippen LogP contribution in [0.15, 0.2) is 0 Å². The van der Waals surface area contributed by atoms with Crippen LogP contribution in [0.2, 0.25) is 5.28 Å². The van der Waals surface area contributed by atoms with Crippen molar-refractivity contribution in [2.24, 2.45) is 5.73 Å². The molecule has 4 atom stereocenters. The van der Waals surface area contributed by atoms with E-state index in [9.17, 15) is 15.3 Å². The molecule has 0 saturated carbocycles. The van der Waals surface area contributed by atoms with Crippen LogP contribution in [0.25, 0.3) is 0 Å². The van der Waals surface area contributed by atoms with Crippen LogP contribution in [0.3, 0.4) is 0 Å². The van der Waals surface area contributed by atoms with Gasteiger partial charge in [-0.3, -0.25) is 0 Å². The Labute approximate surface area is 137 Å². The Hall–Kier alpha value is -1.43. The van der Waals surface area contributed by atoms with Crippen LogP contribution in [0.4, 0.5) is 17.3 Å². The second-order valence-electron chi connectivity index (χ2n) is 5.44. The molecule has 0 amide bonds. The Bertz CT molecular complexity index is 593. The zero-order valence-electron chi connectivity index (χ0n) is 12.2. The first-order valence-corrected chi connectivity index (χ1v) is 7.52. The van der Waals surface area contributed by atoms with E-state index >= 15 is 0 Å². The maximum atomic E-state index is 10.2. The van der Waals surface area contributed by atoms with Gasteiger partial charge in [0.2, 0.25) is 5.28 Å². The normalized spacial score (nSPS) is 30.1. The summed E-state index contributed by atoms with van der Waals surface area (Å²) in [6, 6.07) is 0. The summed E-state index contributed by atoms with van der Waals surface area (Å²) in [4.78, 5) is 11.6. The fraction of sp³-hybridized carbons (Fsp3) is 0.667. The van der Waals surface area contributed by atoms with Gasteiger partial charge in [-0.15, -0.1) is 0 Å². The third-order valence-corrected chi connectivity index (χ3v) is 4.17. The van der Waals surface area contributed by atoms with E-state index in [4.69, 9.17) is 27.8 Å². The number of aromatic nitrogens is 2. The summed E-state index contributed by atoms with van der Waals surface area (Å²) in [5, 5.41) is 29.3. The fourth-order valence-electron chi connectivity index (χ4n) is 2.93. The molecule has 7 N–H and O–H groups in total. The summed E-state index contributed by atoms with van der Waals surface area (Å²) < 4.78 is 5.56. The predicted molar refractivity (Wildman–Crippen MR) is 83.0 cm³/mol. The van der Waals surface area contributed by atoms with Crippen molar-refractivity contribution in [3.63, 3.8) is 0 Å². The number of anilines is 3. The van der Waals surface area contributed by atoms with Gasteiger partial charge in [-0.05, 0) is 11.6 Å². The molecule has 0 radical (unpaired) electrons. The number of fused-ring (bicyclic) bond motifs is 1. The molecule has 1 saturated heterocycles. The molecule has 3 rings (SSSR count). The molecule has 0 spiro atoms. The first-order chi connectivity index (χ1) is 11.0. The molecule has 2 unspecified atom stereocenters. The van der Waals surface area contributed by atoms with Gasteiger partial charge in [-0.2, -0.15) is 9.97 Å². The quantitative estimate of drug-likeness (QED) is 0.376. The monoisotopic (exact) mass is 346 g/mol. The summed E-state index contributed by atoms with van der Waals surface area (Å²) in [5.41, 5.74) is 12.1. The summed E-state index contributed by atoms with van der Waals surface area (Å²) in [6.45, 7) is 0.756. The maximum Gasteiger partial charge on any atom is 0.226 e. The number of hydrogen-bond donors (Lipinski definition) is 5. The number of halogens is 1. The molecule has 23 heavy (non-hydrogen) atoms. The minimum atomic E-state index is -1.22. The van der Waals surface area contributed by atoms with Crippen molar-refractivity contribution in [2.45, 2.75) is 24.5 Å². The molecule has 2 aliphatic rings. The molecule has 2 aliphatic heterocycles. The fourth-order valence-corrected chi connectivity index (χ4v) is 3.11. The lowest BCUT2D eigenvalue weighted by Crippen LogP contribution is -2.46. The van der Waals surface area contributed by atoms with E-state index < -0.39 is 31.1 Å². The van der Waals surface area contributed by atoms with Crippen LogP contribution in [-0.4, -0.2) is 76.2 Å². The highest BCUT2D eigenvalue weighted by Gasteiger charge is 2.48. The van der Waals surface area contributed by atoms with Gasteiger partial charge in [0, 0.05) is 13.1 Å². The van der Waals surface area contributed by atoms with Gasteiger partial charge in [0.25, 0.3) is 0 Å². The molecule has 1 aromatic rings. The smallest absolute Gasteiger partial charge is 0.226 e. The average molecular weight is 347 g/mol. The van der Waals surface area contributed by atoms with E-state index in [-0.39, 0.29) is 11.1 Å². The minimum Gasteiger partial charge on any atom is -0.394 e. The maximum absolute atomic E-state index is 10.2. The Morgan fingerprint density at radius 2 is 2.04 bits per heavy atom. The van der Waals surface area contributed by atoms with Gasteiger partial charge >= 0.3 is 0 Å². The van der Waals surface area contributed by atoms with E-state index in [1.54, 1.807) is 4.90 Å². The Morgan fingerprint density at radius 3 is 2.65 bits per heavy atom. The number of ether oxygens (including phenoxy) is 1. The lowest BCUT2D eigenvalue weighted by Gasteiger charge is -2.28. The third-order valence-electron chi connectivity index (χ3n) is 4.00. The van der Waals surface area contributed by atoms with E-state index in [2.05, 4.69) is 9.97 Å². The van der Waals surface area contributed by atoms with Gasteiger partial charge in [-0.1, -0.05) is 0 Å². The Morgan fingerprint density at radius 1 is 1.30 bits per heavy atom. The molecule has 1 fully saturated rings. The molecular formula is C12H19ClN6O4. The van der Waals surface area contributed by atoms with Gasteiger partial charge in [0.05, 0.1) is 13.3 Å². The van der Waals surface area contributed by atoms with Crippen molar-refractivity contribution in [1.82, 2.24) is 9.97 Å². The van der Waals surface area contributed by atoms with Crippen molar-refractivity contribution in [1.29, 1.82) is 0 Å². The zero-order chi connectivity index (χ0) is 16.7. The van der Waals surface area contributed by atoms with Gasteiger partial charge in [0.1, 0.15) is 24.0 Å². The average Bonchev–Trinajstić information content (AvgIpc) is 2.99. The number of rotatable bonds is 4. The summed E-state index contributed by atoms with van der Waals surface area (Å²) in [6.07, 6.45) is -4.19. The van der Waals surface area contributed by atoms with Crippen LogP contribution in [0.1, 0.15) is 0 Å². The number of hydrogen-bond acceptors (Lipinski definition) is 10. The standard InChI is InChI=1S/C12H19ClN6O4/c13-12-16-9(15)6-10(17-12)19(4-18(6)2-1-14)11-8(22)7(21)5(3-20)23-11/h5,7-8,11,20-22H,1-4,14H2,(H2,15,16,17)/t5-,7?,8?,11-/m1/s1. The van der Waals surface area contributed by atoms with Crippen LogP contribution in [0, 0.1) is 0 Å². The van der Waals surface area contributed by atoms with Crippen LogP contribution >= 0.6 is 11.6 Å². The van der Waals surface area contributed by atoms with Gasteiger partial charge in [-0.25, -0.2) is 0 Å². The van der Waals surface area contributed by atoms with Crippen molar-refractivity contribution >= 4 is 28.9 Å². The number of aliphatic hydroxyl groups excluding tert-OH is 3. The largest absolute Gasteiger partial charge is 0.394 e. The zero-order valence-corrected chi connectivity index (χ0v) is 13.0. The van der Waals surface area contributed by atoms with Crippen molar-refractivity contribution in [3.8, 4) is 0 Å². The van der Waals surface area contributed by atoms with Crippen molar-refractivity contribution < 1.29 is 20.1 Å². The number of nitrogens with two attached hydrogens (primary N) is 2. The summed E-state index contributed by atoms with van der Waals surface area (Å²) in [7, 11) is 0. The molecule has 128 valence electrons. The summed E-state index contributed by atoms with van der Waals surface area (Å²) >= 11 is 5.88. The molecule has 11 heteroatoms. The number of nitrogen functional groups attached to an aromatic ring is 1. The van der Waals surface area contributed by atoms with Gasteiger partial charge in [0.15, 0.2) is 17.9 Å². The van der Waals surface area contributed by atoms with Crippen LogP contribution < -0.4 is 21.3 Å². The molecule has 10 nitrogen and oxygen atoms in total. The topological polar surface area (TPSA) is 154 Å². The molecule has 3 heterocycles. The second kappa shape index (κ2) is 6.23. The lowest BCUT2D eigenvalue weighted by molar-refractivity contribution is -0.0222. The number of nitrogens with zero attached hydrogens (tertiary/aromatic N) is 4. The molecular weight excluding hydrogens is 328 g/mol. The summed E-state index contributed by atoms with van der Waals surface area (Å²) in [5.74, 6) is 0.591. The number of aliphatic hydroxyl groups is 3. The Balaban J connectivity index is 1.97. The lowest BCUT2D eigenvalue weighted by atomic mass is 10.1. The van der Waals surface area contributed by atoms with E-state index in [1.807, 2.05) is 4.90 Å². The molecule has 0 aliphatic carbocycles. The Kier molecular flexibility index (Phi) is 4.45. The third kappa shape index (κ3) is 2.67. The minimum absolute atomic E-state index is 0.0346. The van der Waals surface area contributed by atoms with E-state index in [0.717, 1.165) is 0 Å². The predicted octanol–water partition coefficient (Wildman–Crippen LogP) is -2.31. The molecule has 1 aromatic heterocycles. The molecule has 0 bridgehead atoms.